The Morgan fingerprint density at radius 2 is 2.11 bits per heavy atom. The molecule has 0 heterocycles. The molecular formula is C11H10BrF3O3. The van der Waals surface area contributed by atoms with Crippen molar-refractivity contribution in [3.05, 3.63) is 29.1 Å². The second-order valence-corrected chi connectivity index (χ2v) is 3.73. The van der Waals surface area contributed by atoms with Gasteiger partial charge in [-0.2, -0.15) is 8.78 Å². The van der Waals surface area contributed by atoms with Gasteiger partial charge in [-0.1, -0.05) is 15.9 Å². The first-order valence-electron chi connectivity index (χ1n) is 4.99. The Balaban J connectivity index is 3.16. The molecule has 1 aromatic rings. The predicted molar refractivity (Wildman–Crippen MR) is 61.6 cm³/mol. The number of hydrogen-bond donors (Lipinski definition) is 0. The van der Waals surface area contributed by atoms with E-state index in [9.17, 15) is 18.0 Å². The molecule has 0 fully saturated rings. The van der Waals surface area contributed by atoms with Crippen LogP contribution in [0, 0.1) is 5.82 Å². The molecule has 18 heavy (non-hydrogen) atoms. The highest BCUT2D eigenvalue weighted by molar-refractivity contribution is 9.08. The number of halogens is 4. The summed E-state index contributed by atoms with van der Waals surface area (Å²) in [4.78, 5) is 11.4. The fourth-order valence-electron chi connectivity index (χ4n) is 1.27. The van der Waals surface area contributed by atoms with E-state index >= 15 is 0 Å². The number of rotatable bonds is 5. The van der Waals surface area contributed by atoms with Gasteiger partial charge in [0.05, 0.1) is 12.2 Å². The number of carbonyl (C=O) groups is 1. The van der Waals surface area contributed by atoms with Crippen molar-refractivity contribution in [1.29, 1.82) is 0 Å². The summed E-state index contributed by atoms with van der Waals surface area (Å²) in [6.07, 6.45) is 0. The van der Waals surface area contributed by atoms with E-state index in [1.165, 1.54) is 0 Å². The Morgan fingerprint density at radius 1 is 1.44 bits per heavy atom. The average molecular weight is 327 g/mol. The van der Waals surface area contributed by atoms with Gasteiger partial charge in [0.2, 0.25) is 0 Å². The van der Waals surface area contributed by atoms with Crippen LogP contribution in [0.3, 0.4) is 0 Å². The molecule has 100 valence electrons. The van der Waals surface area contributed by atoms with Crippen LogP contribution in [0.1, 0.15) is 22.8 Å². The molecule has 0 aliphatic rings. The van der Waals surface area contributed by atoms with Gasteiger partial charge >= 0.3 is 12.6 Å². The Hall–Kier alpha value is -1.24. The molecule has 0 aromatic heterocycles. The Morgan fingerprint density at radius 3 is 2.61 bits per heavy atom. The Labute approximate surface area is 110 Å². The topological polar surface area (TPSA) is 35.5 Å². The van der Waals surface area contributed by atoms with Crippen LogP contribution in [0.2, 0.25) is 0 Å². The van der Waals surface area contributed by atoms with E-state index in [1.54, 1.807) is 6.92 Å². The minimum atomic E-state index is -3.05. The highest BCUT2D eigenvalue weighted by atomic mass is 79.9. The van der Waals surface area contributed by atoms with Gasteiger partial charge in [0, 0.05) is 10.9 Å². The summed E-state index contributed by atoms with van der Waals surface area (Å²) in [6.45, 7) is -1.44. The monoisotopic (exact) mass is 326 g/mol. The first-order valence-corrected chi connectivity index (χ1v) is 6.12. The van der Waals surface area contributed by atoms with Gasteiger partial charge in [0.1, 0.15) is 11.6 Å². The van der Waals surface area contributed by atoms with E-state index in [0.717, 1.165) is 12.1 Å². The lowest BCUT2D eigenvalue weighted by Gasteiger charge is -2.11. The van der Waals surface area contributed by atoms with Crippen LogP contribution >= 0.6 is 15.9 Å². The van der Waals surface area contributed by atoms with E-state index < -0.39 is 24.0 Å². The predicted octanol–water partition coefficient (Wildman–Crippen LogP) is 3.50. The lowest BCUT2D eigenvalue weighted by Crippen LogP contribution is -2.10. The summed E-state index contributed by atoms with van der Waals surface area (Å²) in [5.74, 6) is -2.02. The number of ether oxygens (including phenoxy) is 2. The minimum absolute atomic E-state index is 0.0590. The zero-order chi connectivity index (χ0) is 13.7. The van der Waals surface area contributed by atoms with Crippen LogP contribution in [-0.2, 0) is 10.1 Å². The van der Waals surface area contributed by atoms with Crippen molar-refractivity contribution in [3.63, 3.8) is 0 Å². The van der Waals surface area contributed by atoms with Crippen molar-refractivity contribution in [2.45, 2.75) is 18.9 Å². The fourth-order valence-corrected chi connectivity index (χ4v) is 1.71. The van der Waals surface area contributed by atoms with Crippen LogP contribution in [-0.4, -0.2) is 19.2 Å². The lowest BCUT2D eigenvalue weighted by molar-refractivity contribution is -0.0504. The molecule has 0 saturated heterocycles. The molecule has 0 unspecified atom stereocenters. The molecule has 1 rings (SSSR count). The number of carbonyl (C=O) groups excluding carboxylic acids is 1. The quantitative estimate of drug-likeness (QED) is 0.613. The summed E-state index contributed by atoms with van der Waals surface area (Å²) in [5, 5.41) is 0.120. The minimum Gasteiger partial charge on any atom is -0.462 e. The standard InChI is InChI=1S/C11H10BrF3O3/c1-2-17-10(16)7-4-9(18-11(14)15)6(5-12)3-8(7)13/h3-4,11H,2,5H2,1H3. The number of hydrogen-bond acceptors (Lipinski definition) is 3. The van der Waals surface area contributed by atoms with Crippen molar-refractivity contribution in [1.82, 2.24) is 0 Å². The number of benzene rings is 1. The third kappa shape index (κ3) is 3.63. The maximum Gasteiger partial charge on any atom is 0.387 e. The van der Waals surface area contributed by atoms with Gasteiger partial charge in [-0.05, 0) is 19.1 Å². The van der Waals surface area contributed by atoms with E-state index in [-0.39, 0.29) is 23.2 Å². The lowest BCUT2D eigenvalue weighted by atomic mass is 10.1. The van der Waals surface area contributed by atoms with Crippen LogP contribution in [0.5, 0.6) is 5.75 Å². The van der Waals surface area contributed by atoms with Crippen LogP contribution < -0.4 is 4.74 Å². The molecule has 0 spiro atoms. The van der Waals surface area contributed by atoms with Gasteiger partial charge in [0.15, 0.2) is 0 Å². The molecule has 7 heteroatoms. The first-order chi connectivity index (χ1) is 8.49. The van der Waals surface area contributed by atoms with Gasteiger partial charge in [-0.25, -0.2) is 9.18 Å². The smallest absolute Gasteiger partial charge is 0.387 e. The van der Waals surface area contributed by atoms with Crippen molar-refractivity contribution in [3.8, 4) is 5.75 Å². The molecule has 0 bridgehead atoms. The highest BCUT2D eigenvalue weighted by Gasteiger charge is 2.19. The second-order valence-electron chi connectivity index (χ2n) is 3.17. The van der Waals surface area contributed by atoms with Gasteiger partial charge in [0.25, 0.3) is 0 Å². The van der Waals surface area contributed by atoms with Crippen LogP contribution in [0.25, 0.3) is 0 Å². The molecule has 0 aliphatic carbocycles. The van der Waals surface area contributed by atoms with Gasteiger partial charge in [-0.3, -0.25) is 0 Å². The second kappa shape index (κ2) is 6.63. The zero-order valence-electron chi connectivity index (χ0n) is 9.38. The van der Waals surface area contributed by atoms with Gasteiger partial charge < -0.3 is 9.47 Å². The Bertz CT molecular complexity index is 438. The van der Waals surface area contributed by atoms with E-state index in [2.05, 4.69) is 25.4 Å². The molecule has 1 aromatic carbocycles. The summed E-state index contributed by atoms with van der Waals surface area (Å²) >= 11 is 3.02. The Kier molecular flexibility index (Phi) is 5.46. The summed E-state index contributed by atoms with van der Waals surface area (Å²) in [7, 11) is 0. The number of alkyl halides is 3. The van der Waals surface area contributed by atoms with Crippen molar-refractivity contribution >= 4 is 21.9 Å². The van der Waals surface area contributed by atoms with Crippen molar-refractivity contribution < 1.29 is 27.4 Å². The highest BCUT2D eigenvalue weighted by Crippen LogP contribution is 2.27. The molecule has 0 aliphatic heterocycles. The summed E-state index contributed by atoms with van der Waals surface area (Å²) in [6, 6.07) is 1.87. The number of esters is 1. The fraction of sp³-hybridized carbons (Fsp3) is 0.364. The van der Waals surface area contributed by atoms with E-state index in [0.29, 0.717) is 0 Å². The first kappa shape index (κ1) is 14.8. The molecule has 3 nitrogen and oxygen atoms in total. The van der Waals surface area contributed by atoms with Gasteiger partial charge in [-0.15, -0.1) is 0 Å². The van der Waals surface area contributed by atoms with Crippen molar-refractivity contribution in [2.24, 2.45) is 0 Å². The third-order valence-electron chi connectivity index (χ3n) is 2.01. The van der Waals surface area contributed by atoms with Crippen LogP contribution in [0.15, 0.2) is 12.1 Å². The van der Waals surface area contributed by atoms with E-state index in [4.69, 9.17) is 0 Å². The largest absolute Gasteiger partial charge is 0.462 e. The maximum absolute atomic E-state index is 13.6. The molecular weight excluding hydrogens is 317 g/mol. The summed E-state index contributed by atoms with van der Waals surface area (Å²) < 4.78 is 46.7. The summed E-state index contributed by atoms with van der Waals surface area (Å²) in [5.41, 5.74) is -0.252. The maximum atomic E-state index is 13.6. The molecule has 0 atom stereocenters. The average Bonchev–Trinajstić information content (AvgIpc) is 2.30. The normalized spacial score (nSPS) is 10.6. The zero-order valence-corrected chi connectivity index (χ0v) is 11.0. The molecule has 0 radical (unpaired) electrons. The molecule has 0 saturated carbocycles. The third-order valence-corrected chi connectivity index (χ3v) is 2.61. The van der Waals surface area contributed by atoms with E-state index in [1.807, 2.05) is 0 Å². The van der Waals surface area contributed by atoms with Crippen LogP contribution in [0.4, 0.5) is 13.2 Å². The SMILES string of the molecule is CCOC(=O)c1cc(OC(F)F)c(CBr)cc1F. The molecule has 0 amide bonds. The van der Waals surface area contributed by atoms with Crippen molar-refractivity contribution in [2.75, 3.05) is 6.61 Å². The molecule has 0 N–H and O–H groups in total.